The highest BCUT2D eigenvalue weighted by Crippen LogP contribution is 2.25. The van der Waals surface area contributed by atoms with Gasteiger partial charge in [0.05, 0.1) is 11.2 Å². The van der Waals surface area contributed by atoms with Gasteiger partial charge < -0.3 is 5.32 Å². The molecule has 24 heavy (non-hydrogen) atoms. The maximum atomic E-state index is 12.9. The van der Waals surface area contributed by atoms with E-state index in [2.05, 4.69) is 10.3 Å². The molecule has 0 aliphatic carbocycles. The van der Waals surface area contributed by atoms with Gasteiger partial charge in [-0.3, -0.25) is 9.78 Å². The fourth-order valence-electron chi connectivity index (χ4n) is 2.70. The topological polar surface area (TPSA) is 42.0 Å². The molecule has 3 heteroatoms. The molecule has 3 nitrogen and oxygen atoms in total. The van der Waals surface area contributed by atoms with Gasteiger partial charge in [-0.2, -0.15) is 0 Å². The van der Waals surface area contributed by atoms with Crippen LogP contribution < -0.4 is 5.32 Å². The fourth-order valence-corrected chi connectivity index (χ4v) is 2.70. The highest BCUT2D eigenvalue weighted by Gasteiger charge is 2.25. The van der Waals surface area contributed by atoms with Crippen molar-refractivity contribution < 1.29 is 4.79 Å². The quantitative estimate of drug-likeness (QED) is 0.774. The highest BCUT2D eigenvalue weighted by molar-refractivity contribution is 6.01. The van der Waals surface area contributed by atoms with E-state index >= 15 is 0 Å². The summed E-state index contributed by atoms with van der Waals surface area (Å²) in [5.41, 5.74) is 2.89. The summed E-state index contributed by atoms with van der Waals surface area (Å²) in [6.07, 6.45) is 1.74. The molecule has 3 rings (SSSR count). The van der Waals surface area contributed by atoms with E-state index < -0.39 is 5.54 Å². The standard InChI is InChI=1S/C21H20N2O/c1-21(2,19-14-8-9-15-22-19)23-20(24)18-13-7-6-12-17(18)16-10-4-3-5-11-16/h3-15H,1-2H3,(H,23,24). The molecule has 1 aromatic heterocycles. The van der Waals surface area contributed by atoms with E-state index in [4.69, 9.17) is 0 Å². The van der Waals surface area contributed by atoms with Crippen LogP contribution in [0.2, 0.25) is 0 Å². The summed E-state index contributed by atoms with van der Waals surface area (Å²) < 4.78 is 0. The summed E-state index contributed by atoms with van der Waals surface area (Å²) in [6.45, 7) is 3.91. The van der Waals surface area contributed by atoms with Gasteiger partial charge in [0.15, 0.2) is 0 Å². The zero-order valence-corrected chi connectivity index (χ0v) is 13.9. The first-order valence-electron chi connectivity index (χ1n) is 7.96. The Balaban J connectivity index is 1.92. The number of aromatic nitrogens is 1. The van der Waals surface area contributed by atoms with Crippen molar-refractivity contribution >= 4 is 5.91 Å². The first-order chi connectivity index (χ1) is 11.6. The molecule has 1 heterocycles. The molecule has 0 saturated heterocycles. The number of pyridine rings is 1. The Hall–Kier alpha value is -2.94. The summed E-state index contributed by atoms with van der Waals surface area (Å²) in [5, 5.41) is 3.10. The molecule has 0 unspecified atom stereocenters. The molecule has 3 aromatic rings. The van der Waals surface area contributed by atoms with Gasteiger partial charge in [-0.05, 0) is 43.2 Å². The fraction of sp³-hybridized carbons (Fsp3) is 0.143. The van der Waals surface area contributed by atoms with Crippen molar-refractivity contribution in [2.45, 2.75) is 19.4 Å². The molecule has 1 N–H and O–H groups in total. The zero-order chi connectivity index (χ0) is 17.0. The Kier molecular flexibility index (Phi) is 4.43. The van der Waals surface area contributed by atoms with Crippen LogP contribution in [0.15, 0.2) is 79.0 Å². The van der Waals surface area contributed by atoms with E-state index in [0.29, 0.717) is 5.56 Å². The predicted molar refractivity (Wildman–Crippen MR) is 96.6 cm³/mol. The van der Waals surface area contributed by atoms with Crippen LogP contribution in [-0.2, 0) is 5.54 Å². The summed E-state index contributed by atoms with van der Waals surface area (Å²) in [4.78, 5) is 17.3. The SMILES string of the molecule is CC(C)(NC(=O)c1ccccc1-c1ccccc1)c1ccccn1. The van der Waals surface area contributed by atoms with Crippen LogP contribution in [0.25, 0.3) is 11.1 Å². The maximum absolute atomic E-state index is 12.9. The lowest BCUT2D eigenvalue weighted by Gasteiger charge is -2.26. The number of carbonyl (C=O) groups excluding carboxylic acids is 1. The minimum Gasteiger partial charge on any atom is -0.341 e. The van der Waals surface area contributed by atoms with Crippen molar-refractivity contribution in [2.75, 3.05) is 0 Å². The largest absolute Gasteiger partial charge is 0.341 e. The third-order valence-corrected chi connectivity index (χ3v) is 3.99. The normalized spacial score (nSPS) is 11.1. The molecule has 0 atom stereocenters. The second-order valence-electron chi connectivity index (χ2n) is 6.21. The summed E-state index contributed by atoms with van der Waals surface area (Å²) in [6, 6.07) is 23.3. The lowest BCUT2D eigenvalue weighted by atomic mass is 9.96. The number of rotatable bonds is 4. The summed E-state index contributed by atoms with van der Waals surface area (Å²) >= 11 is 0. The molecule has 0 aliphatic heterocycles. The van der Waals surface area contributed by atoms with Crippen LogP contribution >= 0.6 is 0 Å². The van der Waals surface area contributed by atoms with Crippen molar-refractivity contribution in [2.24, 2.45) is 0 Å². The maximum Gasteiger partial charge on any atom is 0.252 e. The average molecular weight is 316 g/mol. The van der Waals surface area contributed by atoms with Gasteiger partial charge in [-0.1, -0.05) is 54.6 Å². The number of benzene rings is 2. The van der Waals surface area contributed by atoms with Crippen LogP contribution in [0.1, 0.15) is 29.9 Å². The van der Waals surface area contributed by atoms with Crippen molar-refractivity contribution in [3.63, 3.8) is 0 Å². The first kappa shape index (κ1) is 15.9. The van der Waals surface area contributed by atoms with Gasteiger partial charge in [0.2, 0.25) is 0 Å². The molecular weight excluding hydrogens is 296 g/mol. The van der Waals surface area contributed by atoms with Crippen molar-refractivity contribution in [1.29, 1.82) is 0 Å². The third kappa shape index (κ3) is 3.35. The minimum atomic E-state index is -0.553. The van der Waals surface area contributed by atoms with E-state index in [9.17, 15) is 4.79 Å². The monoisotopic (exact) mass is 316 g/mol. The van der Waals surface area contributed by atoms with Gasteiger partial charge >= 0.3 is 0 Å². The van der Waals surface area contributed by atoms with E-state index in [0.717, 1.165) is 16.8 Å². The van der Waals surface area contributed by atoms with Gasteiger partial charge in [0.25, 0.3) is 5.91 Å². The molecule has 2 aromatic carbocycles. The summed E-state index contributed by atoms with van der Waals surface area (Å²) in [7, 11) is 0. The molecule has 0 saturated carbocycles. The number of nitrogens with one attached hydrogen (secondary N) is 1. The number of hydrogen-bond donors (Lipinski definition) is 1. The molecule has 0 fully saturated rings. The van der Waals surface area contributed by atoms with Gasteiger partial charge in [-0.25, -0.2) is 0 Å². The van der Waals surface area contributed by atoms with Crippen LogP contribution in [0.3, 0.4) is 0 Å². The Morgan fingerprint density at radius 3 is 2.25 bits per heavy atom. The van der Waals surface area contributed by atoms with Crippen molar-refractivity contribution in [1.82, 2.24) is 10.3 Å². The zero-order valence-electron chi connectivity index (χ0n) is 13.9. The number of hydrogen-bond acceptors (Lipinski definition) is 2. The smallest absolute Gasteiger partial charge is 0.252 e. The van der Waals surface area contributed by atoms with Crippen LogP contribution in [-0.4, -0.2) is 10.9 Å². The van der Waals surface area contributed by atoms with E-state index in [1.165, 1.54) is 0 Å². The third-order valence-electron chi connectivity index (χ3n) is 3.99. The predicted octanol–water partition coefficient (Wildman–Crippen LogP) is 4.41. The van der Waals surface area contributed by atoms with Gasteiger partial charge in [-0.15, -0.1) is 0 Å². The van der Waals surface area contributed by atoms with E-state index in [-0.39, 0.29) is 5.91 Å². The molecule has 0 aliphatic rings. The van der Waals surface area contributed by atoms with Gasteiger partial charge in [0, 0.05) is 11.8 Å². The van der Waals surface area contributed by atoms with Crippen molar-refractivity contribution in [3.8, 4) is 11.1 Å². The van der Waals surface area contributed by atoms with Crippen LogP contribution in [0, 0.1) is 0 Å². The Morgan fingerprint density at radius 2 is 1.54 bits per heavy atom. The summed E-state index contributed by atoms with van der Waals surface area (Å²) in [5.74, 6) is -0.106. The number of nitrogens with zero attached hydrogens (tertiary/aromatic N) is 1. The number of amides is 1. The van der Waals surface area contributed by atoms with E-state index in [1.807, 2.05) is 86.6 Å². The van der Waals surface area contributed by atoms with Gasteiger partial charge in [0.1, 0.15) is 0 Å². The number of carbonyl (C=O) groups is 1. The molecule has 120 valence electrons. The second kappa shape index (κ2) is 6.67. The Labute approximate surface area is 142 Å². The van der Waals surface area contributed by atoms with Crippen LogP contribution in [0.5, 0.6) is 0 Å². The average Bonchev–Trinajstić information content (AvgIpc) is 2.63. The van der Waals surface area contributed by atoms with E-state index in [1.54, 1.807) is 6.20 Å². The molecule has 0 radical (unpaired) electrons. The highest BCUT2D eigenvalue weighted by atomic mass is 16.1. The molecule has 1 amide bonds. The molecular formula is C21H20N2O. The minimum absolute atomic E-state index is 0.106. The molecule has 0 spiro atoms. The lowest BCUT2D eigenvalue weighted by molar-refractivity contribution is 0.0911. The van der Waals surface area contributed by atoms with Crippen molar-refractivity contribution in [3.05, 3.63) is 90.3 Å². The Morgan fingerprint density at radius 1 is 0.875 bits per heavy atom. The Bertz CT molecular complexity index is 827. The second-order valence-corrected chi connectivity index (χ2v) is 6.21. The lowest BCUT2D eigenvalue weighted by Crippen LogP contribution is -2.41. The first-order valence-corrected chi connectivity index (χ1v) is 7.96. The molecule has 0 bridgehead atoms. The van der Waals surface area contributed by atoms with Crippen LogP contribution in [0.4, 0.5) is 0 Å².